The zero-order valence-electron chi connectivity index (χ0n) is 22.4. The average Bonchev–Trinajstić information content (AvgIpc) is 3.40. The number of nitrogens with one attached hydrogen (secondary N) is 3. The molecule has 3 N–H and O–H groups in total. The number of carbonyl (C=O) groups is 2. The molecule has 4 rings (SSSR count). The molecule has 212 valence electrons. The molecule has 0 bridgehead atoms. The molecular weight excluding hydrogens is 550 g/mol. The fourth-order valence-electron chi connectivity index (χ4n) is 4.21. The van der Waals surface area contributed by atoms with Crippen LogP contribution in [0.15, 0.2) is 75.4 Å². The van der Waals surface area contributed by atoms with E-state index in [-0.39, 0.29) is 18.9 Å². The number of nitro groups is 1. The Labute approximate surface area is 240 Å². The van der Waals surface area contributed by atoms with Gasteiger partial charge in [-0.15, -0.1) is 0 Å². The van der Waals surface area contributed by atoms with Crippen LogP contribution in [0.25, 0.3) is 11.3 Å². The Kier molecular flexibility index (Phi) is 9.09. The molecule has 13 heteroatoms. The highest BCUT2D eigenvalue weighted by Gasteiger charge is 2.32. The fraction of sp³-hybridized carbons (Fsp3) is 0.214. The van der Waals surface area contributed by atoms with Crippen molar-refractivity contribution in [3.05, 3.63) is 92.9 Å². The second kappa shape index (κ2) is 12.9. The quantitative estimate of drug-likeness (QED) is 0.106. The Morgan fingerprint density at radius 1 is 1.20 bits per heavy atom. The topological polar surface area (TPSA) is 157 Å². The first-order valence-corrected chi connectivity index (χ1v) is 12.9. The Morgan fingerprint density at radius 3 is 2.71 bits per heavy atom. The van der Waals surface area contributed by atoms with Crippen LogP contribution in [-0.2, 0) is 14.3 Å². The van der Waals surface area contributed by atoms with Crippen molar-refractivity contribution in [1.29, 1.82) is 0 Å². The second-order valence-corrected chi connectivity index (χ2v) is 9.28. The minimum absolute atomic E-state index is 0.00589. The van der Waals surface area contributed by atoms with Gasteiger partial charge in [0, 0.05) is 29.0 Å². The van der Waals surface area contributed by atoms with E-state index in [1.807, 2.05) is 0 Å². The average molecular weight is 578 g/mol. The van der Waals surface area contributed by atoms with Crippen LogP contribution in [0, 0.1) is 17.0 Å². The number of benzene rings is 2. The lowest BCUT2D eigenvalue weighted by atomic mass is 9.95. The van der Waals surface area contributed by atoms with Gasteiger partial charge in [0.1, 0.15) is 17.3 Å². The van der Waals surface area contributed by atoms with Gasteiger partial charge in [0.05, 0.1) is 29.4 Å². The number of nitro benzene ring substituents is 1. The number of esters is 1. The molecule has 0 spiro atoms. The van der Waals surface area contributed by atoms with Crippen molar-refractivity contribution in [1.82, 2.24) is 16.1 Å². The summed E-state index contributed by atoms with van der Waals surface area (Å²) in [5, 5.41) is 21.2. The summed E-state index contributed by atoms with van der Waals surface area (Å²) < 4.78 is 16.8. The third-order valence-electron chi connectivity index (χ3n) is 6.05. The summed E-state index contributed by atoms with van der Waals surface area (Å²) in [6.07, 6.45) is 1.33. The molecule has 0 saturated heterocycles. The number of non-ortho nitro benzene ring substituents is 1. The van der Waals surface area contributed by atoms with Crippen LogP contribution < -0.4 is 20.8 Å². The number of furan rings is 1. The number of para-hydroxylation sites is 1. The van der Waals surface area contributed by atoms with Crippen LogP contribution in [0.1, 0.15) is 36.8 Å². The van der Waals surface area contributed by atoms with Crippen LogP contribution in [-0.4, -0.2) is 41.3 Å². The highest BCUT2D eigenvalue weighted by atomic mass is 32.1. The molecule has 0 aliphatic carbocycles. The summed E-state index contributed by atoms with van der Waals surface area (Å²) >= 11 is 5.29. The second-order valence-electron chi connectivity index (χ2n) is 8.87. The molecule has 1 aliphatic heterocycles. The van der Waals surface area contributed by atoms with Crippen molar-refractivity contribution in [2.45, 2.75) is 26.8 Å². The monoisotopic (exact) mass is 577 g/mol. The summed E-state index contributed by atoms with van der Waals surface area (Å²) in [6.45, 7) is 5.06. The molecule has 3 aromatic rings. The molecule has 1 aromatic heterocycles. The van der Waals surface area contributed by atoms with E-state index >= 15 is 0 Å². The van der Waals surface area contributed by atoms with E-state index < -0.39 is 22.8 Å². The van der Waals surface area contributed by atoms with Crippen molar-refractivity contribution < 1.29 is 28.4 Å². The van der Waals surface area contributed by atoms with Crippen LogP contribution in [0.5, 0.6) is 5.75 Å². The number of thiocarbonyl (C=S) groups is 1. The summed E-state index contributed by atoms with van der Waals surface area (Å²) in [5.74, 6) is 0.218. The molecule has 41 heavy (non-hydrogen) atoms. The number of rotatable bonds is 10. The van der Waals surface area contributed by atoms with E-state index in [0.29, 0.717) is 50.3 Å². The van der Waals surface area contributed by atoms with Crippen LogP contribution >= 0.6 is 12.2 Å². The Morgan fingerprint density at radius 2 is 1.98 bits per heavy atom. The molecule has 1 amide bonds. The Bertz CT molecular complexity index is 1560. The van der Waals surface area contributed by atoms with Gasteiger partial charge in [0.2, 0.25) is 0 Å². The van der Waals surface area contributed by atoms with Gasteiger partial charge in [-0.3, -0.25) is 14.9 Å². The maximum absolute atomic E-state index is 12.7. The lowest BCUT2D eigenvalue weighted by Gasteiger charge is -2.30. The number of hydrazone groups is 1. The Balaban J connectivity index is 1.40. The van der Waals surface area contributed by atoms with Crippen molar-refractivity contribution in [2.24, 2.45) is 5.10 Å². The molecule has 1 aliphatic rings. The molecule has 2 heterocycles. The van der Waals surface area contributed by atoms with Crippen molar-refractivity contribution >= 4 is 41.1 Å². The number of ether oxygens (including phenoxy) is 2. The number of amides is 1. The third kappa shape index (κ3) is 6.94. The Hall–Kier alpha value is -5.04. The van der Waals surface area contributed by atoms with E-state index in [0.717, 1.165) is 0 Å². The van der Waals surface area contributed by atoms with Crippen LogP contribution in [0.2, 0.25) is 0 Å². The van der Waals surface area contributed by atoms with Crippen molar-refractivity contribution in [3.8, 4) is 17.1 Å². The predicted molar refractivity (Wildman–Crippen MR) is 154 cm³/mol. The van der Waals surface area contributed by atoms with E-state index in [2.05, 4.69) is 21.2 Å². The predicted octanol–water partition coefficient (Wildman–Crippen LogP) is 4.05. The SMILES string of the molecule is CCOC(=O)C1=C(C)NC(=S)N[C@H]1c1ccccc1OCC(=O)NN=Cc1ccc(-c2ccc([N+](=O)[O-])cc2C)o1. The molecule has 12 nitrogen and oxygen atoms in total. The van der Waals surface area contributed by atoms with Gasteiger partial charge < -0.3 is 24.5 Å². The summed E-state index contributed by atoms with van der Waals surface area (Å²) in [4.78, 5) is 35.7. The van der Waals surface area contributed by atoms with E-state index in [4.69, 9.17) is 26.1 Å². The zero-order valence-corrected chi connectivity index (χ0v) is 23.2. The summed E-state index contributed by atoms with van der Waals surface area (Å²) in [6, 6.07) is 14.2. The minimum Gasteiger partial charge on any atom is -0.483 e. The minimum atomic E-state index is -0.646. The summed E-state index contributed by atoms with van der Waals surface area (Å²) in [5.41, 5.74) is 5.27. The first-order valence-electron chi connectivity index (χ1n) is 12.5. The zero-order chi connectivity index (χ0) is 29.5. The largest absolute Gasteiger partial charge is 0.483 e. The maximum atomic E-state index is 12.7. The number of nitrogens with zero attached hydrogens (tertiary/aromatic N) is 2. The van der Waals surface area contributed by atoms with Gasteiger partial charge in [-0.05, 0) is 62.8 Å². The van der Waals surface area contributed by atoms with E-state index in [1.54, 1.807) is 63.2 Å². The van der Waals surface area contributed by atoms with Gasteiger partial charge >= 0.3 is 5.97 Å². The van der Waals surface area contributed by atoms with E-state index in [1.165, 1.54) is 18.3 Å². The van der Waals surface area contributed by atoms with Crippen LogP contribution in [0.3, 0.4) is 0 Å². The fourth-order valence-corrected chi connectivity index (χ4v) is 4.48. The highest BCUT2D eigenvalue weighted by molar-refractivity contribution is 7.80. The van der Waals surface area contributed by atoms with Gasteiger partial charge in [-0.25, -0.2) is 10.2 Å². The number of aryl methyl sites for hydroxylation is 1. The van der Waals surface area contributed by atoms with Crippen molar-refractivity contribution in [3.63, 3.8) is 0 Å². The summed E-state index contributed by atoms with van der Waals surface area (Å²) in [7, 11) is 0. The smallest absolute Gasteiger partial charge is 0.338 e. The molecule has 0 radical (unpaired) electrons. The highest BCUT2D eigenvalue weighted by Crippen LogP contribution is 2.33. The normalized spacial score (nSPS) is 14.8. The number of hydrogen-bond acceptors (Lipinski definition) is 9. The molecule has 1 atom stereocenters. The molecule has 2 aromatic carbocycles. The first kappa shape index (κ1) is 29.0. The first-order chi connectivity index (χ1) is 19.7. The lowest BCUT2D eigenvalue weighted by molar-refractivity contribution is -0.384. The molecule has 0 fully saturated rings. The standard InChI is InChI=1S/C28H27N5O7S/c1-4-38-27(35)25-17(3)30-28(41)31-26(25)21-7-5-6-8-22(21)39-15-24(34)32-29-14-19-10-12-23(40-19)20-11-9-18(33(36)37)13-16(20)2/h5-14,26H,4,15H2,1-3H3,(H,32,34)(H2,30,31,41)/t26-/m0/s1. The lowest BCUT2D eigenvalue weighted by Crippen LogP contribution is -2.45. The molecule has 0 unspecified atom stereocenters. The van der Waals surface area contributed by atoms with Gasteiger partial charge in [0.15, 0.2) is 11.7 Å². The van der Waals surface area contributed by atoms with Gasteiger partial charge in [-0.2, -0.15) is 5.10 Å². The van der Waals surface area contributed by atoms with E-state index in [9.17, 15) is 19.7 Å². The van der Waals surface area contributed by atoms with Crippen molar-refractivity contribution in [2.75, 3.05) is 13.2 Å². The maximum Gasteiger partial charge on any atom is 0.338 e. The van der Waals surface area contributed by atoms with Gasteiger partial charge in [-0.1, -0.05) is 18.2 Å². The number of carbonyl (C=O) groups excluding carboxylic acids is 2. The number of allylic oxidation sites excluding steroid dienone is 1. The molecular formula is C28H27N5O7S. The third-order valence-corrected chi connectivity index (χ3v) is 6.27. The molecule has 0 saturated carbocycles. The van der Waals surface area contributed by atoms with Gasteiger partial charge in [0.25, 0.3) is 11.6 Å². The van der Waals surface area contributed by atoms with Crippen LogP contribution in [0.4, 0.5) is 5.69 Å². The number of hydrogen-bond donors (Lipinski definition) is 3.